The van der Waals surface area contributed by atoms with E-state index < -0.39 is 0 Å². The Morgan fingerprint density at radius 3 is 2.64 bits per heavy atom. The van der Waals surface area contributed by atoms with Crippen molar-refractivity contribution >= 4 is 5.91 Å². The summed E-state index contributed by atoms with van der Waals surface area (Å²) >= 11 is 0. The summed E-state index contributed by atoms with van der Waals surface area (Å²) in [5.41, 5.74) is 0. The van der Waals surface area contributed by atoms with Gasteiger partial charge in [-0.2, -0.15) is 0 Å². The lowest BCUT2D eigenvalue weighted by Crippen LogP contribution is -2.44. The van der Waals surface area contributed by atoms with Crippen LogP contribution in [0.15, 0.2) is 0 Å². The van der Waals surface area contributed by atoms with Crippen molar-refractivity contribution in [3.8, 4) is 0 Å². The zero-order chi connectivity index (χ0) is 8.43. The highest BCUT2D eigenvalue weighted by Crippen LogP contribution is 2.15. The maximum Gasteiger partial charge on any atom is 0.219 e. The summed E-state index contributed by atoms with van der Waals surface area (Å²) in [7, 11) is 0. The van der Waals surface area contributed by atoms with E-state index in [1.54, 1.807) is 11.8 Å². The minimum absolute atomic E-state index is 0.0654. The van der Waals surface area contributed by atoms with Crippen LogP contribution < -0.4 is 0 Å². The smallest absolute Gasteiger partial charge is 0.219 e. The van der Waals surface area contributed by atoms with Gasteiger partial charge >= 0.3 is 0 Å². The number of hydrogen-bond acceptors (Lipinski definition) is 2. The topological polar surface area (TPSA) is 40.5 Å². The lowest BCUT2D eigenvalue weighted by Gasteiger charge is -2.33. The molecule has 1 N–H and O–H groups in total. The van der Waals surface area contributed by atoms with Gasteiger partial charge in [-0.15, -0.1) is 0 Å². The molecule has 11 heavy (non-hydrogen) atoms. The van der Waals surface area contributed by atoms with Gasteiger partial charge in [-0.25, -0.2) is 0 Å². The van der Waals surface area contributed by atoms with Gasteiger partial charge in [0.05, 0.1) is 6.10 Å². The molecule has 1 heterocycles. The van der Waals surface area contributed by atoms with Crippen LogP contribution in [-0.4, -0.2) is 35.1 Å². The third-order valence-corrected chi connectivity index (χ3v) is 2.08. The third kappa shape index (κ3) is 2.19. The zero-order valence-electron chi connectivity index (χ0n) is 7.08. The van der Waals surface area contributed by atoms with Crippen molar-refractivity contribution in [1.29, 1.82) is 0 Å². The largest absolute Gasteiger partial charge is 0.391 e. The number of rotatable bonds is 0. The normalized spacial score (nSPS) is 32.1. The highest BCUT2D eigenvalue weighted by molar-refractivity contribution is 5.73. The fourth-order valence-electron chi connectivity index (χ4n) is 1.58. The Bertz CT molecular complexity index is 148. The molecule has 0 aromatic carbocycles. The Morgan fingerprint density at radius 1 is 1.55 bits per heavy atom. The minimum atomic E-state index is -0.317. The molecule has 1 amide bonds. The summed E-state index contributed by atoms with van der Waals surface area (Å²) in [5.74, 6) is 0.498. The number of carbonyl (C=O) groups excluding carboxylic acids is 1. The van der Waals surface area contributed by atoms with E-state index in [0.717, 1.165) is 13.0 Å². The van der Waals surface area contributed by atoms with Gasteiger partial charge in [0.2, 0.25) is 5.91 Å². The van der Waals surface area contributed by atoms with Gasteiger partial charge in [0.25, 0.3) is 0 Å². The molecule has 0 aliphatic carbocycles. The van der Waals surface area contributed by atoms with Gasteiger partial charge in [-0.1, -0.05) is 6.92 Å². The van der Waals surface area contributed by atoms with Crippen molar-refractivity contribution in [3.63, 3.8) is 0 Å². The van der Waals surface area contributed by atoms with Crippen molar-refractivity contribution in [2.45, 2.75) is 26.4 Å². The monoisotopic (exact) mass is 157 g/mol. The standard InChI is InChI=1S/C8H15NO2/c1-6-3-8(11)5-9(4-6)7(2)10/h6,8,11H,3-5H2,1-2H3/t6-,8+/m0/s1. The fourth-order valence-corrected chi connectivity index (χ4v) is 1.58. The summed E-state index contributed by atoms with van der Waals surface area (Å²) in [5, 5.41) is 9.30. The molecule has 0 aromatic heterocycles. The molecule has 1 aliphatic rings. The number of β-amino-alcohol motifs (C(OH)–C–C–N with tert-alkyl or cyclic N) is 1. The molecule has 3 heteroatoms. The average molecular weight is 157 g/mol. The maximum absolute atomic E-state index is 10.9. The Morgan fingerprint density at radius 2 is 2.18 bits per heavy atom. The highest BCUT2D eigenvalue weighted by Gasteiger charge is 2.24. The molecule has 3 nitrogen and oxygen atoms in total. The van der Waals surface area contributed by atoms with E-state index in [2.05, 4.69) is 6.92 Å². The molecule has 1 fully saturated rings. The molecule has 1 rings (SSSR count). The second kappa shape index (κ2) is 3.22. The first kappa shape index (κ1) is 8.53. The van der Waals surface area contributed by atoms with E-state index in [9.17, 15) is 9.90 Å². The second-order valence-electron chi connectivity index (χ2n) is 3.42. The molecule has 0 spiro atoms. The lowest BCUT2D eigenvalue weighted by atomic mass is 9.98. The maximum atomic E-state index is 10.9. The predicted octanol–water partition coefficient (Wildman–Crippen LogP) is 0.236. The summed E-state index contributed by atoms with van der Waals surface area (Å²) in [6, 6.07) is 0. The van der Waals surface area contributed by atoms with E-state index in [4.69, 9.17) is 0 Å². The van der Waals surface area contributed by atoms with Gasteiger partial charge < -0.3 is 10.0 Å². The molecule has 0 bridgehead atoms. The molecule has 1 aliphatic heterocycles. The van der Waals surface area contributed by atoms with Crippen LogP contribution in [0.1, 0.15) is 20.3 Å². The summed E-state index contributed by atoms with van der Waals surface area (Å²) in [6.45, 7) is 4.91. The molecule has 0 aromatic rings. The molecule has 1 saturated heterocycles. The number of carbonyl (C=O) groups is 1. The average Bonchev–Trinajstić information content (AvgIpc) is 1.85. The third-order valence-electron chi connectivity index (χ3n) is 2.08. The van der Waals surface area contributed by atoms with Gasteiger partial charge in [0.1, 0.15) is 0 Å². The van der Waals surface area contributed by atoms with E-state index in [1.807, 2.05) is 0 Å². The minimum Gasteiger partial charge on any atom is -0.391 e. The number of hydrogen-bond donors (Lipinski definition) is 1. The fraction of sp³-hybridized carbons (Fsp3) is 0.875. The van der Waals surface area contributed by atoms with Crippen LogP contribution in [0.2, 0.25) is 0 Å². The number of piperidine rings is 1. The summed E-state index contributed by atoms with van der Waals surface area (Å²) in [6.07, 6.45) is 0.506. The van der Waals surface area contributed by atoms with Crippen molar-refractivity contribution in [3.05, 3.63) is 0 Å². The Labute approximate surface area is 67.0 Å². The first-order chi connectivity index (χ1) is 5.09. The molecule has 2 atom stereocenters. The van der Waals surface area contributed by atoms with Gasteiger partial charge in [0, 0.05) is 20.0 Å². The SMILES string of the molecule is CC(=O)N1C[C@@H](C)C[C@@H](O)C1. The van der Waals surface area contributed by atoms with E-state index in [0.29, 0.717) is 12.5 Å². The molecule has 0 radical (unpaired) electrons. The van der Waals surface area contributed by atoms with Gasteiger partial charge in [0.15, 0.2) is 0 Å². The number of aliphatic hydroxyl groups excluding tert-OH is 1. The van der Waals surface area contributed by atoms with Gasteiger partial charge in [-0.05, 0) is 12.3 Å². The second-order valence-corrected chi connectivity index (χ2v) is 3.42. The van der Waals surface area contributed by atoms with Gasteiger partial charge in [-0.3, -0.25) is 4.79 Å². The summed E-state index contributed by atoms with van der Waals surface area (Å²) in [4.78, 5) is 12.6. The number of likely N-dealkylation sites (tertiary alicyclic amines) is 1. The molecular weight excluding hydrogens is 142 g/mol. The Hall–Kier alpha value is -0.570. The van der Waals surface area contributed by atoms with Crippen molar-refractivity contribution in [2.75, 3.05) is 13.1 Å². The van der Waals surface area contributed by atoms with Crippen LogP contribution in [0.4, 0.5) is 0 Å². The van der Waals surface area contributed by atoms with Crippen molar-refractivity contribution in [1.82, 2.24) is 4.90 Å². The molecular formula is C8H15NO2. The number of nitrogens with zero attached hydrogens (tertiary/aromatic N) is 1. The predicted molar refractivity (Wildman–Crippen MR) is 42.0 cm³/mol. The first-order valence-corrected chi connectivity index (χ1v) is 4.03. The van der Waals surface area contributed by atoms with Crippen molar-refractivity contribution in [2.24, 2.45) is 5.92 Å². The molecule has 0 unspecified atom stereocenters. The first-order valence-electron chi connectivity index (χ1n) is 4.03. The van der Waals surface area contributed by atoms with Crippen LogP contribution in [0.5, 0.6) is 0 Å². The zero-order valence-corrected chi connectivity index (χ0v) is 7.08. The van der Waals surface area contributed by atoms with Crippen LogP contribution in [0.25, 0.3) is 0 Å². The van der Waals surface area contributed by atoms with Crippen LogP contribution >= 0.6 is 0 Å². The quantitative estimate of drug-likeness (QED) is 0.547. The van der Waals surface area contributed by atoms with E-state index in [1.165, 1.54) is 0 Å². The van der Waals surface area contributed by atoms with E-state index in [-0.39, 0.29) is 12.0 Å². The Balaban J connectivity index is 2.49. The highest BCUT2D eigenvalue weighted by atomic mass is 16.3. The van der Waals surface area contributed by atoms with Crippen LogP contribution in [0, 0.1) is 5.92 Å². The Kier molecular flexibility index (Phi) is 2.49. The van der Waals surface area contributed by atoms with E-state index >= 15 is 0 Å². The summed E-state index contributed by atoms with van der Waals surface area (Å²) < 4.78 is 0. The van der Waals surface area contributed by atoms with Crippen LogP contribution in [-0.2, 0) is 4.79 Å². The molecule has 64 valence electrons. The van der Waals surface area contributed by atoms with Crippen LogP contribution in [0.3, 0.4) is 0 Å². The van der Waals surface area contributed by atoms with Crippen molar-refractivity contribution < 1.29 is 9.90 Å². The lowest BCUT2D eigenvalue weighted by molar-refractivity contribution is -0.133. The number of amides is 1. The number of aliphatic hydroxyl groups is 1. The molecule has 0 saturated carbocycles.